The van der Waals surface area contributed by atoms with Crippen LogP contribution in [0.5, 0.6) is 0 Å². The van der Waals surface area contributed by atoms with Crippen LogP contribution < -0.4 is 16.0 Å². The minimum Gasteiger partial charge on any atom is -0.379 e. The second kappa shape index (κ2) is 8.64. The van der Waals surface area contributed by atoms with Crippen molar-refractivity contribution in [1.29, 1.82) is 0 Å². The van der Waals surface area contributed by atoms with E-state index in [9.17, 15) is 17.6 Å². The lowest BCUT2D eigenvalue weighted by molar-refractivity contribution is -0.137. The Bertz CT molecular complexity index is 1100. The number of nitrogens with zero attached hydrogens (tertiary/aromatic N) is 2. The Balaban J connectivity index is 1.38. The summed E-state index contributed by atoms with van der Waals surface area (Å²) in [5.74, 6) is 0.980. The van der Waals surface area contributed by atoms with E-state index in [0.717, 1.165) is 29.7 Å². The van der Waals surface area contributed by atoms with E-state index in [-0.39, 0.29) is 17.8 Å². The van der Waals surface area contributed by atoms with Crippen LogP contribution in [-0.4, -0.2) is 22.6 Å². The molecule has 4 rings (SSSR count). The molecule has 0 amide bonds. The zero-order valence-corrected chi connectivity index (χ0v) is 17.6. The molecular weight excluding hydrogens is 422 g/mol. The molecule has 0 aliphatic carbocycles. The van der Waals surface area contributed by atoms with E-state index in [2.05, 4.69) is 25.9 Å². The lowest BCUT2D eigenvalue weighted by atomic mass is 9.89. The van der Waals surface area contributed by atoms with Crippen LogP contribution in [-0.2, 0) is 6.18 Å². The normalized spacial score (nSPS) is 17.6. The molecule has 2 heterocycles. The van der Waals surface area contributed by atoms with Gasteiger partial charge in [-0.3, -0.25) is 0 Å². The number of hydrogen-bond acceptors (Lipinski definition) is 5. The lowest BCUT2D eigenvalue weighted by Gasteiger charge is -2.18. The highest BCUT2D eigenvalue weighted by atomic mass is 19.4. The van der Waals surface area contributed by atoms with Crippen LogP contribution in [0.4, 0.5) is 40.6 Å². The van der Waals surface area contributed by atoms with Gasteiger partial charge in [-0.15, -0.1) is 0 Å². The van der Waals surface area contributed by atoms with Crippen molar-refractivity contribution in [3.8, 4) is 0 Å². The fourth-order valence-electron chi connectivity index (χ4n) is 4.06. The Morgan fingerprint density at radius 1 is 1.03 bits per heavy atom. The van der Waals surface area contributed by atoms with Crippen molar-refractivity contribution in [2.75, 3.05) is 22.5 Å². The van der Waals surface area contributed by atoms with E-state index in [1.54, 1.807) is 12.1 Å². The highest BCUT2D eigenvalue weighted by molar-refractivity contribution is 5.63. The molecule has 5 nitrogen and oxygen atoms in total. The standard InChI is InChI=1S/C23H23F4N5/c1-13-3-8-18(24)22-21(13)17(14(2)31-22)9-10-28-19-11-20(30-12-29-19)32-16-6-4-15(5-7-16)23(25,26)27/h3-8,11-12,14,17,31H,9-10H2,1-2H3,(H2,28,29,30,32). The maximum Gasteiger partial charge on any atom is 0.416 e. The van der Waals surface area contributed by atoms with Crippen LogP contribution in [0.3, 0.4) is 0 Å². The quantitative estimate of drug-likeness (QED) is 0.401. The third kappa shape index (κ3) is 4.61. The van der Waals surface area contributed by atoms with E-state index in [0.29, 0.717) is 29.6 Å². The number of anilines is 4. The van der Waals surface area contributed by atoms with Crippen LogP contribution in [0.15, 0.2) is 48.8 Å². The Kier molecular flexibility index (Phi) is 5.90. The Morgan fingerprint density at radius 2 is 1.75 bits per heavy atom. The molecule has 32 heavy (non-hydrogen) atoms. The maximum atomic E-state index is 14.2. The van der Waals surface area contributed by atoms with Gasteiger partial charge in [0.05, 0.1) is 11.3 Å². The van der Waals surface area contributed by atoms with Gasteiger partial charge in [0, 0.05) is 30.3 Å². The fourth-order valence-corrected chi connectivity index (χ4v) is 4.06. The summed E-state index contributed by atoms with van der Waals surface area (Å²) in [5, 5.41) is 9.47. The molecule has 3 aromatic rings. The number of rotatable bonds is 6. The maximum absolute atomic E-state index is 14.2. The van der Waals surface area contributed by atoms with Gasteiger partial charge in [0.1, 0.15) is 23.8 Å². The number of halogens is 4. The highest BCUT2D eigenvalue weighted by Gasteiger charge is 2.32. The molecule has 1 aromatic heterocycles. The number of alkyl halides is 3. The van der Waals surface area contributed by atoms with Gasteiger partial charge in [-0.25, -0.2) is 14.4 Å². The van der Waals surface area contributed by atoms with E-state index in [1.807, 2.05) is 13.8 Å². The molecule has 3 N–H and O–H groups in total. The molecule has 0 bridgehead atoms. The summed E-state index contributed by atoms with van der Waals surface area (Å²) in [4.78, 5) is 8.32. The molecule has 2 unspecified atom stereocenters. The number of aromatic nitrogens is 2. The van der Waals surface area contributed by atoms with Crippen molar-refractivity contribution < 1.29 is 17.6 Å². The zero-order valence-electron chi connectivity index (χ0n) is 17.6. The predicted molar refractivity (Wildman–Crippen MR) is 117 cm³/mol. The van der Waals surface area contributed by atoms with E-state index in [4.69, 9.17) is 0 Å². The van der Waals surface area contributed by atoms with Gasteiger partial charge in [-0.1, -0.05) is 6.07 Å². The summed E-state index contributed by atoms with van der Waals surface area (Å²) in [5.41, 5.74) is 2.45. The van der Waals surface area contributed by atoms with Gasteiger partial charge in [0.15, 0.2) is 0 Å². The third-order valence-corrected chi connectivity index (χ3v) is 5.67. The van der Waals surface area contributed by atoms with Crippen LogP contribution in [0.1, 0.15) is 36.0 Å². The molecule has 0 radical (unpaired) electrons. The van der Waals surface area contributed by atoms with Gasteiger partial charge in [0.25, 0.3) is 0 Å². The molecule has 0 spiro atoms. The fraction of sp³-hybridized carbons (Fsp3) is 0.304. The molecule has 0 saturated heterocycles. The number of benzene rings is 2. The first-order chi connectivity index (χ1) is 15.2. The summed E-state index contributed by atoms with van der Waals surface area (Å²) >= 11 is 0. The van der Waals surface area contributed by atoms with Crippen molar-refractivity contribution >= 4 is 23.0 Å². The van der Waals surface area contributed by atoms with Gasteiger partial charge in [-0.05, 0) is 61.7 Å². The Labute approximate surface area is 183 Å². The monoisotopic (exact) mass is 445 g/mol. The Morgan fingerprint density at radius 3 is 2.47 bits per heavy atom. The second-order valence-electron chi connectivity index (χ2n) is 7.90. The van der Waals surface area contributed by atoms with Gasteiger partial charge in [-0.2, -0.15) is 13.2 Å². The average Bonchev–Trinajstić information content (AvgIpc) is 3.08. The molecule has 9 heteroatoms. The van der Waals surface area contributed by atoms with Crippen molar-refractivity contribution in [3.05, 3.63) is 71.3 Å². The minimum atomic E-state index is -4.37. The third-order valence-electron chi connectivity index (χ3n) is 5.67. The minimum absolute atomic E-state index is 0.115. The highest BCUT2D eigenvalue weighted by Crippen LogP contribution is 2.41. The number of nitrogens with one attached hydrogen (secondary N) is 3. The first kappa shape index (κ1) is 21.9. The lowest BCUT2D eigenvalue weighted by Crippen LogP contribution is -2.19. The molecule has 1 aliphatic heterocycles. The molecule has 2 aromatic carbocycles. The largest absolute Gasteiger partial charge is 0.416 e. The van der Waals surface area contributed by atoms with Crippen molar-refractivity contribution in [2.45, 2.75) is 38.4 Å². The molecule has 2 atom stereocenters. The van der Waals surface area contributed by atoms with Gasteiger partial charge in [0.2, 0.25) is 0 Å². The summed E-state index contributed by atoms with van der Waals surface area (Å²) in [6, 6.07) is 9.83. The molecule has 0 fully saturated rings. The Hall–Kier alpha value is -3.36. The average molecular weight is 445 g/mol. The number of aryl methyl sites for hydroxylation is 1. The SMILES string of the molecule is Cc1ccc(F)c2c1C(CCNc1cc(Nc3ccc(C(F)(F)F)cc3)ncn1)C(C)N2. The van der Waals surface area contributed by atoms with E-state index in [1.165, 1.54) is 24.5 Å². The predicted octanol–water partition coefficient (Wildman–Crippen LogP) is 6.09. The summed E-state index contributed by atoms with van der Waals surface area (Å²) in [7, 11) is 0. The second-order valence-corrected chi connectivity index (χ2v) is 7.90. The summed E-state index contributed by atoms with van der Waals surface area (Å²) in [6.45, 7) is 4.64. The van der Waals surface area contributed by atoms with Crippen molar-refractivity contribution in [3.63, 3.8) is 0 Å². The van der Waals surface area contributed by atoms with Crippen LogP contribution >= 0.6 is 0 Å². The zero-order chi connectivity index (χ0) is 22.9. The van der Waals surface area contributed by atoms with Gasteiger partial charge >= 0.3 is 6.18 Å². The first-order valence-corrected chi connectivity index (χ1v) is 10.3. The van der Waals surface area contributed by atoms with Crippen molar-refractivity contribution in [1.82, 2.24) is 9.97 Å². The number of hydrogen-bond donors (Lipinski definition) is 3. The molecular formula is C23H23F4N5. The smallest absolute Gasteiger partial charge is 0.379 e. The molecule has 168 valence electrons. The van der Waals surface area contributed by atoms with E-state index < -0.39 is 11.7 Å². The summed E-state index contributed by atoms with van der Waals surface area (Å²) in [6.07, 6.45) is -2.22. The summed E-state index contributed by atoms with van der Waals surface area (Å²) < 4.78 is 52.3. The van der Waals surface area contributed by atoms with Gasteiger partial charge < -0.3 is 16.0 Å². The van der Waals surface area contributed by atoms with E-state index >= 15 is 0 Å². The van der Waals surface area contributed by atoms with Crippen LogP contribution in [0.2, 0.25) is 0 Å². The first-order valence-electron chi connectivity index (χ1n) is 10.3. The van der Waals surface area contributed by atoms with Crippen molar-refractivity contribution in [2.24, 2.45) is 0 Å². The van der Waals surface area contributed by atoms with Crippen LogP contribution in [0, 0.1) is 12.7 Å². The molecule has 1 aliphatic rings. The van der Waals surface area contributed by atoms with Crippen LogP contribution in [0.25, 0.3) is 0 Å². The number of fused-ring (bicyclic) bond motifs is 1. The topological polar surface area (TPSA) is 61.9 Å². The molecule has 0 saturated carbocycles.